The van der Waals surface area contributed by atoms with Gasteiger partial charge in [0, 0.05) is 57.2 Å². The molecular formula is C21H27N5O6. The van der Waals surface area contributed by atoms with Gasteiger partial charge in [0.25, 0.3) is 11.6 Å². The third kappa shape index (κ3) is 5.68. The van der Waals surface area contributed by atoms with E-state index < -0.39 is 10.8 Å². The second kappa shape index (κ2) is 10.8. The summed E-state index contributed by atoms with van der Waals surface area (Å²) in [7, 11) is 1.62. The number of imidazole rings is 1. The molecule has 11 heteroatoms. The van der Waals surface area contributed by atoms with Crippen molar-refractivity contribution in [1.82, 2.24) is 14.5 Å². The van der Waals surface area contributed by atoms with Crippen LogP contribution in [0.15, 0.2) is 30.6 Å². The number of ether oxygens (including phenoxy) is 2. The van der Waals surface area contributed by atoms with E-state index in [-0.39, 0.29) is 23.1 Å². The predicted molar refractivity (Wildman–Crippen MR) is 115 cm³/mol. The lowest BCUT2D eigenvalue weighted by Gasteiger charge is -2.32. The lowest BCUT2D eigenvalue weighted by molar-refractivity contribution is -0.385. The molecule has 0 bridgehead atoms. The first-order chi connectivity index (χ1) is 15.4. The van der Waals surface area contributed by atoms with E-state index in [0.717, 1.165) is 5.82 Å². The third-order valence-corrected chi connectivity index (χ3v) is 5.30. The molecule has 0 unspecified atom stereocenters. The number of aromatic nitrogens is 2. The van der Waals surface area contributed by atoms with Crippen LogP contribution in [0.3, 0.4) is 0 Å². The highest BCUT2D eigenvalue weighted by molar-refractivity contribution is 6.00. The molecule has 1 aliphatic heterocycles. The number of hydrogen-bond donors (Lipinski definition) is 1. The number of nitro groups is 1. The van der Waals surface area contributed by atoms with Crippen LogP contribution in [0.1, 0.15) is 41.9 Å². The van der Waals surface area contributed by atoms with E-state index >= 15 is 0 Å². The highest BCUT2D eigenvalue weighted by Crippen LogP contribution is 2.30. The van der Waals surface area contributed by atoms with Gasteiger partial charge in [0.05, 0.1) is 18.1 Å². The Labute approximate surface area is 185 Å². The summed E-state index contributed by atoms with van der Waals surface area (Å²) in [6, 6.07) is 4.01. The minimum atomic E-state index is -0.585. The number of nitrogens with zero attached hydrogens (tertiary/aromatic N) is 4. The molecule has 2 heterocycles. The van der Waals surface area contributed by atoms with Gasteiger partial charge in [-0.25, -0.2) is 4.98 Å². The summed E-state index contributed by atoms with van der Waals surface area (Å²) in [5.41, 5.74) is 0.0274. The van der Waals surface area contributed by atoms with Crippen LogP contribution in [0.2, 0.25) is 0 Å². The molecule has 1 N–H and O–H groups in total. The van der Waals surface area contributed by atoms with E-state index in [4.69, 9.17) is 9.47 Å². The van der Waals surface area contributed by atoms with Gasteiger partial charge in [-0.15, -0.1) is 0 Å². The molecule has 11 nitrogen and oxygen atoms in total. The van der Waals surface area contributed by atoms with Crippen LogP contribution in [0, 0.1) is 10.1 Å². The SMILES string of the molecule is COCCOCn1ccnc1C1CCN(C(=O)c2cc(NC(C)=O)ccc2[N+](=O)[O-])CC1. The molecule has 0 spiro atoms. The van der Waals surface area contributed by atoms with Gasteiger partial charge in [-0.3, -0.25) is 19.7 Å². The minimum absolute atomic E-state index is 0.0345. The second-order valence-corrected chi connectivity index (χ2v) is 7.52. The molecule has 172 valence electrons. The van der Waals surface area contributed by atoms with Crippen molar-refractivity contribution in [1.29, 1.82) is 0 Å². The molecule has 0 aliphatic carbocycles. The van der Waals surface area contributed by atoms with E-state index in [0.29, 0.717) is 51.6 Å². The smallest absolute Gasteiger partial charge is 0.282 e. The average Bonchev–Trinajstić information content (AvgIpc) is 3.24. The third-order valence-electron chi connectivity index (χ3n) is 5.30. The summed E-state index contributed by atoms with van der Waals surface area (Å²) in [5, 5.41) is 14.0. The Morgan fingerprint density at radius 2 is 2.03 bits per heavy atom. The zero-order chi connectivity index (χ0) is 23.1. The van der Waals surface area contributed by atoms with Crippen LogP contribution in [-0.4, -0.2) is 64.6 Å². The molecule has 0 atom stereocenters. The second-order valence-electron chi connectivity index (χ2n) is 7.52. The molecular weight excluding hydrogens is 418 g/mol. The summed E-state index contributed by atoms with van der Waals surface area (Å²) in [6.07, 6.45) is 4.94. The zero-order valence-electron chi connectivity index (χ0n) is 18.2. The molecule has 1 aliphatic rings. The first kappa shape index (κ1) is 23.4. The molecule has 0 radical (unpaired) electrons. The summed E-state index contributed by atoms with van der Waals surface area (Å²) < 4.78 is 12.5. The fourth-order valence-corrected chi connectivity index (χ4v) is 3.75. The molecule has 32 heavy (non-hydrogen) atoms. The van der Waals surface area contributed by atoms with E-state index in [2.05, 4.69) is 10.3 Å². The van der Waals surface area contributed by atoms with Crippen molar-refractivity contribution in [2.75, 3.05) is 38.7 Å². The number of amides is 2. The van der Waals surface area contributed by atoms with Crippen LogP contribution < -0.4 is 5.32 Å². The molecule has 0 saturated carbocycles. The Kier molecular flexibility index (Phi) is 7.90. The number of rotatable bonds is 9. The summed E-state index contributed by atoms with van der Waals surface area (Å²) in [6.45, 7) is 3.60. The zero-order valence-corrected chi connectivity index (χ0v) is 18.2. The predicted octanol–water partition coefficient (Wildman–Crippen LogP) is 2.39. The fourth-order valence-electron chi connectivity index (χ4n) is 3.75. The van der Waals surface area contributed by atoms with Crippen LogP contribution in [0.4, 0.5) is 11.4 Å². The molecule has 1 aromatic carbocycles. The molecule has 3 rings (SSSR count). The van der Waals surface area contributed by atoms with Crippen molar-refractivity contribution in [3.63, 3.8) is 0 Å². The highest BCUT2D eigenvalue weighted by Gasteiger charge is 2.30. The molecule has 1 aromatic heterocycles. The number of carbonyl (C=O) groups excluding carboxylic acids is 2. The maximum Gasteiger partial charge on any atom is 0.282 e. The van der Waals surface area contributed by atoms with Gasteiger partial charge in [-0.05, 0) is 25.0 Å². The van der Waals surface area contributed by atoms with Gasteiger partial charge in [0.15, 0.2) is 0 Å². The number of nitrogens with one attached hydrogen (secondary N) is 1. The number of piperidine rings is 1. The number of hydrogen-bond acceptors (Lipinski definition) is 7. The molecule has 1 fully saturated rings. The molecule has 1 saturated heterocycles. The largest absolute Gasteiger partial charge is 0.382 e. The maximum atomic E-state index is 13.1. The van der Waals surface area contributed by atoms with Gasteiger partial charge in [-0.1, -0.05) is 0 Å². The van der Waals surface area contributed by atoms with E-state index in [1.165, 1.54) is 25.1 Å². The van der Waals surface area contributed by atoms with E-state index in [1.54, 1.807) is 18.2 Å². The topological polar surface area (TPSA) is 129 Å². The summed E-state index contributed by atoms with van der Waals surface area (Å²) in [5.74, 6) is 0.308. The van der Waals surface area contributed by atoms with Crippen molar-refractivity contribution in [2.24, 2.45) is 0 Å². The van der Waals surface area contributed by atoms with Crippen molar-refractivity contribution in [2.45, 2.75) is 32.4 Å². The Morgan fingerprint density at radius 1 is 1.28 bits per heavy atom. The number of benzene rings is 1. The maximum absolute atomic E-state index is 13.1. The van der Waals surface area contributed by atoms with Crippen LogP contribution in [-0.2, 0) is 21.0 Å². The van der Waals surface area contributed by atoms with Crippen molar-refractivity contribution in [3.8, 4) is 0 Å². The number of likely N-dealkylation sites (tertiary alicyclic amines) is 1. The average molecular weight is 445 g/mol. The van der Waals surface area contributed by atoms with E-state index in [9.17, 15) is 19.7 Å². The lowest BCUT2D eigenvalue weighted by atomic mass is 9.95. The molecule has 2 aromatic rings. The first-order valence-electron chi connectivity index (χ1n) is 10.3. The first-order valence-corrected chi connectivity index (χ1v) is 10.3. The van der Waals surface area contributed by atoms with Gasteiger partial charge in [0.2, 0.25) is 5.91 Å². The highest BCUT2D eigenvalue weighted by atomic mass is 16.6. The number of nitro benzene ring substituents is 1. The Balaban J connectivity index is 1.67. The minimum Gasteiger partial charge on any atom is -0.382 e. The monoisotopic (exact) mass is 445 g/mol. The van der Waals surface area contributed by atoms with Gasteiger partial charge in [-0.2, -0.15) is 0 Å². The van der Waals surface area contributed by atoms with Crippen molar-refractivity contribution >= 4 is 23.2 Å². The number of carbonyl (C=O) groups is 2. The number of anilines is 1. The van der Waals surface area contributed by atoms with Crippen LogP contribution >= 0.6 is 0 Å². The number of methoxy groups -OCH3 is 1. The van der Waals surface area contributed by atoms with Crippen LogP contribution in [0.5, 0.6) is 0 Å². The van der Waals surface area contributed by atoms with Crippen molar-refractivity contribution < 1.29 is 24.0 Å². The Morgan fingerprint density at radius 3 is 2.69 bits per heavy atom. The van der Waals surface area contributed by atoms with Gasteiger partial charge < -0.3 is 24.3 Å². The quantitative estimate of drug-likeness (QED) is 0.356. The molecule has 2 amide bonds. The summed E-state index contributed by atoms with van der Waals surface area (Å²) in [4.78, 5) is 41.3. The van der Waals surface area contributed by atoms with Gasteiger partial charge in [0.1, 0.15) is 18.1 Å². The Hall–Kier alpha value is -3.31. The van der Waals surface area contributed by atoms with Crippen LogP contribution in [0.25, 0.3) is 0 Å². The van der Waals surface area contributed by atoms with Crippen molar-refractivity contribution in [3.05, 3.63) is 52.1 Å². The lowest BCUT2D eigenvalue weighted by Crippen LogP contribution is -2.38. The normalized spacial score (nSPS) is 14.4. The summed E-state index contributed by atoms with van der Waals surface area (Å²) >= 11 is 0. The van der Waals surface area contributed by atoms with Gasteiger partial charge >= 0.3 is 0 Å². The standard InChI is InChI=1S/C21H27N5O6/c1-15(27)23-17-3-4-19(26(29)30)18(13-17)21(28)24-8-5-16(6-9-24)20-22-7-10-25(20)14-32-12-11-31-2/h3-4,7,10,13,16H,5-6,8-9,11-12,14H2,1-2H3,(H,23,27). The Bertz CT molecular complexity index is 967. The fraction of sp³-hybridized carbons (Fsp3) is 0.476. The van der Waals surface area contributed by atoms with E-state index in [1.807, 2.05) is 10.8 Å².